The molecule has 2 aliphatic rings. The monoisotopic (exact) mass is 401 g/mol. The Bertz CT molecular complexity index is 1030. The maximum Gasteiger partial charge on any atom is 0.322 e. The molecule has 5 rings (SSSR count). The summed E-state index contributed by atoms with van der Waals surface area (Å²) >= 11 is 0. The van der Waals surface area contributed by atoms with Gasteiger partial charge in [0.15, 0.2) is 5.82 Å². The third-order valence-corrected chi connectivity index (χ3v) is 6.55. The van der Waals surface area contributed by atoms with Crippen molar-refractivity contribution in [2.45, 2.75) is 44.6 Å². The SMILES string of the molecule is Cc1nc(-c2cccc(NC(=O)N3CC(c4ccccc4)C4CCCCC43)c2)n[nH]1. The highest BCUT2D eigenvalue weighted by molar-refractivity contribution is 5.90. The Morgan fingerprint density at radius 3 is 2.73 bits per heavy atom. The number of amides is 2. The number of aromatic nitrogens is 3. The minimum absolute atomic E-state index is 0.00588. The van der Waals surface area contributed by atoms with Crippen molar-refractivity contribution >= 4 is 11.7 Å². The van der Waals surface area contributed by atoms with Crippen LogP contribution in [0.4, 0.5) is 10.5 Å². The number of aromatic amines is 1. The Morgan fingerprint density at radius 2 is 1.93 bits per heavy atom. The summed E-state index contributed by atoms with van der Waals surface area (Å²) in [4.78, 5) is 19.7. The van der Waals surface area contributed by atoms with Crippen LogP contribution in [0.25, 0.3) is 11.4 Å². The van der Waals surface area contributed by atoms with Gasteiger partial charge in [-0.15, -0.1) is 0 Å². The maximum atomic E-state index is 13.3. The summed E-state index contributed by atoms with van der Waals surface area (Å²) in [5, 5.41) is 10.2. The van der Waals surface area contributed by atoms with E-state index in [4.69, 9.17) is 0 Å². The van der Waals surface area contributed by atoms with Gasteiger partial charge in [-0.25, -0.2) is 9.78 Å². The van der Waals surface area contributed by atoms with Crippen LogP contribution in [0, 0.1) is 12.8 Å². The molecule has 3 atom stereocenters. The molecule has 2 aromatic carbocycles. The molecular weight excluding hydrogens is 374 g/mol. The summed E-state index contributed by atoms with van der Waals surface area (Å²) in [6, 6.07) is 18.7. The fourth-order valence-corrected chi connectivity index (χ4v) is 5.17. The standard InChI is InChI=1S/C24H27N5O/c1-16-25-23(28-27-16)18-10-7-11-19(14-18)26-24(30)29-15-21(17-8-3-2-4-9-17)20-12-5-6-13-22(20)29/h2-4,7-11,14,20-22H,5-6,12-13,15H2,1H3,(H,26,30)(H,25,27,28). The third-order valence-electron chi connectivity index (χ3n) is 6.55. The number of likely N-dealkylation sites (tertiary alicyclic amines) is 1. The molecule has 2 N–H and O–H groups in total. The van der Waals surface area contributed by atoms with Crippen LogP contribution in [0.2, 0.25) is 0 Å². The zero-order valence-corrected chi connectivity index (χ0v) is 17.2. The number of H-pyrrole nitrogens is 1. The molecule has 0 bridgehead atoms. The van der Waals surface area contributed by atoms with Gasteiger partial charge >= 0.3 is 6.03 Å². The molecule has 2 amide bonds. The van der Waals surface area contributed by atoms with Crippen LogP contribution in [0.15, 0.2) is 54.6 Å². The molecule has 0 radical (unpaired) electrons. The summed E-state index contributed by atoms with van der Waals surface area (Å²) in [5.74, 6) is 2.38. The summed E-state index contributed by atoms with van der Waals surface area (Å²) in [6.07, 6.45) is 4.76. The molecule has 2 fully saturated rings. The van der Waals surface area contributed by atoms with E-state index >= 15 is 0 Å². The Labute approximate surface area is 176 Å². The van der Waals surface area contributed by atoms with Gasteiger partial charge in [0.25, 0.3) is 0 Å². The summed E-state index contributed by atoms with van der Waals surface area (Å²) in [5.41, 5.74) is 3.01. The van der Waals surface area contributed by atoms with Crippen molar-refractivity contribution in [1.29, 1.82) is 0 Å². The number of aryl methyl sites for hydroxylation is 1. The molecule has 30 heavy (non-hydrogen) atoms. The van der Waals surface area contributed by atoms with E-state index in [9.17, 15) is 4.79 Å². The minimum atomic E-state index is -0.00588. The first-order chi connectivity index (χ1) is 14.7. The number of urea groups is 1. The Hall–Kier alpha value is -3.15. The average Bonchev–Trinajstić information content (AvgIpc) is 3.39. The molecule has 6 heteroatoms. The molecular formula is C24H27N5O. The van der Waals surface area contributed by atoms with Crippen LogP contribution in [-0.4, -0.2) is 38.7 Å². The quantitative estimate of drug-likeness (QED) is 0.651. The number of benzene rings is 2. The van der Waals surface area contributed by atoms with Gasteiger partial charge < -0.3 is 10.2 Å². The van der Waals surface area contributed by atoms with E-state index < -0.39 is 0 Å². The molecule has 3 unspecified atom stereocenters. The molecule has 1 saturated heterocycles. The molecule has 6 nitrogen and oxygen atoms in total. The van der Waals surface area contributed by atoms with Gasteiger partial charge in [-0.3, -0.25) is 5.10 Å². The molecule has 2 heterocycles. The number of hydrogen-bond acceptors (Lipinski definition) is 3. The van der Waals surface area contributed by atoms with E-state index in [1.54, 1.807) is 0 Å². The van der Waals surface area contributed by atoms with Crippen LogP contribution in [0.3, 0.4) is 0 Å². The summed E-state index contributed by atoms with van der Waals surface area (Å²) < 4.78 is 0. The van der Waals surface area contributed by atoms with E-state index in [0.717, 1.165) is 30.0 Å². The van der Waals surface area contributed by atoms with Gasteiger partial charge in [-0.05, 0) is 43.4 Å². The van der Waals surface area contributed by atoms with Crippen LogP contribution in [0.1, 0.15) is 43.0 Å². The second-order valence-electron chi connectivity index (χ2n) is 8.44. The van der Waals surface area contributed by atoms with Crippen LogP contribution in [0.5, 0.6) is 0 Å². The van der Waals surface area contributed by atoms with E-state index in [2.05, 4.69) is 55.7 Å². The largest absolute Gasteiger partial charge is 0.322 e. The van der Waals surface area contributed by atoms with Crippen LogP contribution in [-0.2, 0) is 0 Å². The zero-order valence-electron chi connectivity index (χ0n) is 17.2. The molecule has 1 aromatic heterocycles. The highest BCUT2D eigenvalue weighted by Crippen LogP contribution is 2.45. The Balaban J connectivity index is 1.36. The number of anilines is 1. The second kappa shape index (κ2) is 7.94. The lowest BCUT2D eigenvalue weighted by Gasteiger charge is -2.32. The maximum absolute atomic E-state index is 13.3. The van der Waals surface area contributed by atoms with Crippen molar-refractivity contribution in [2.75, 3.05) is 11.9 Å². The molecule has 1 aliphatic heterocycles. The smallest absolute Gasteiger partial charge is 0.321 e. The van der Waals surface area contributed by atoms with E-state index in [0.29, 0.717) is 23.7 Å². The number of fused-ring (bicyclic) bond motifs is 1. The van der Waals surface area contributed by atoms with E-state index in [1.807, 2.05) is 31.2 Å². The van der Waals surface area contributed by atoms with Gasteiger partial charge in [0.2, 0.25) is 0 Å². The van der Waals surface area contributed by atoms with Crippen molar-refractivity contribution in [2.24, 2.45) is 5.92 Å². The van der Waals surface area contributed by atoms with Crippen LogP contribution >= 0.6 is 0 Å². The fraction of sp³-hybridized carbons (Fsp3) is 0.375. The number of carbonyl (C=O) groups excluding carboxylic acids is 1. The highest BCUT2D eigenvalue weighted by Gasteiger charge is 2.45. The molecule has 154 valence electrons. The van der Waals surface area contributed by atoms with Crippen molar-refractivity contribution in [3.63, 3.8) is 0 Å². The Kier molecular flexibility index (Phi) is 4.99. The fourth-order valence-electron chi connectivity index (χ4n) is 5.17. The molecule has 0 spiro atoms. The van der Waals surface area contributed by atoms with Gasteiger partial charge in [0, 0.05) is 29.8 Å². The van der Waals surface area contributed by atoms with Crippen molar-refractivity contribution in [3.05, 3.63) is 66.0 Å². The first kappa shape index (κ1) is 18.9. The third kappa shape index (κ3) is 3.58. The van der Waals surface area contributed by atoms with E-state index in [1.165, 1.54) is 24.8 Å². The van der Waals surface area contributed by atoms with Crippen LogP contribution < -0.4 is 5.32 Å². The van der Waals surface area contributed by atoms with Crippen molar-refractivity contribution in [3.8, 4) is 11.4 Å². The molecule has 1 aliphatic carbocycles. The zero-order chi connectivity index (χ0) is 20.5. The predicted molar refractivity (Wildman–Crippen MR) is 117 cm³/mol. The van der Waals surface area contributed by atoms with Gasteiger partial charge in [0.1, 0.15) is 5.82 Å². The number of carbonyl (C=O) groups is 1. The van der Waals surface area contributed by atoms with Gasteiger partial charge in [0.05, 0.1) is 0 Å². The molecule has 1 saturated carbocycles. The number of hydrogen-bond donors (Lipinski definition) is 2. The lowest BCUT2D eigenvalue weighted by atomic mass is 9.77. The lowest BCUT2D eigenvalue weighted by molar-refractivity contribution is 0.181. The second-order valence-corrected chi connectivity index (χ2v) is 8.44. The van der Waals surface area contributed by atoms with E-state index in [-0.39, 0.29) is 6.03 Å². The number of nitrogens with zero attached hydrogens (tertiary/aromatic N) is 3. The topological polar surface area (TPSA) is 73.9 Å². The van der Waals surface area contributed by atoms with Crippen molar-refractivity contribution < 1.29 is 4.79 Å². The minimum Gasteiger partial charge on any atom is -0.321 e. The van der Waals surface area contributed by atoms with Gasteiger partial charge in [-0.1, -0.05) is 55.3 Å². The van der Waals surface area contributed by atoms with Crippen molar-refractivity contribution in [1.82, 2.24) is 20.1 Å². The van der Waals surface area contributed by atoms with Gasteiger partial charge in [-0.2, -0.15) is 5.10 Å². The predicted octanol–water partition coefficient (Wildman–Crippen LogP) is 4.97. The molecule has 3 aromatic rings. The summed E-state index contributed by atoms with van der Waals surface area (Å²) in [7, 11) is 0. The highest BCUT2D eigenvalue weighted by atomic mass is 16.2. The average molecular weight is 402 g/mol. The normalized spacial score (nSPS) is 23.2. The summed E-state index contributed by atoms with van der Waals surface area (Å²) in [6.45, 7) is 2.66. The lowest BCUT2D eigenvalue weighted by Crippen LogP contribution is -2.41. The number of nitrogens with one attached hydrogen (secondary N) is 2. The first-order valence-electron chi connectivity index (χ1n) is 10.8. The first-order valence-corrected chi connectivity index (χ1v) is 10.8. The number of rotatable bonds is 3. The Morgan fingerprint density at radius 1 is 1.10 bits per heavy atom.